The molecule has 29 heavy (non-hydrogen) atoms. The molecule has 1 N–H and O–H groups in total. The smallest absolute Gasteiger partial charge is 0.339 e. The van der Waals surface area contributed by atoms with E-state index >= 15 is 0 Å². The van der Waals surface area contributed by atoms with Crippen LogP contribution in [0.4, 0.5) is 14.5 Å². The van der Waals surface area contributed by atoms with E-state index in [1.807, 2.05) is 18.2 Å². The van der Waals surface area contributed by atoms with E-state index in [1.54, 1.807) is 6.07 Å². The van der Waals surface area contributed by atoms with Gasteiger partial charge in [-0.1, -0.05) is 18.2 Å². The molecule has 0 radical (unpaired) electrons. The number of fused-ring (bicyclic) bond motifs is 2. The molecule has 4 rings (SSSR count). The highest BCUT2D eigenvalue weighted by molar-refractivity contribution is 6.06. The molecular formula is C22H18F2N2O3. The Kier molecular flexibility index (Phi) is 4.96. The highest BCUT2D eigenvalue weighted by Gasteiger charge is 2.27. The van der Waals surface area contributed by atoms with E-state index in [2.05, 4.69) is 10.3 Å². The number of hydrogen-bond acceptors (Lipinski definition) is 4. The zero-order chi connectivity index (χ0) is 20.5. The third-order valence-electron chi connectivity index (χ3n) is 4.96. The highest BCUT2D eigenvalue weighted by Crippen LogP contribution is 2.30. The van der Waals surface area contributed by atoms with Gasteiger partial charge in [0.2, 0.25) is 0 Å². The number of rotatable bonds is 4. The molecule has 1 atom stereocenters. The molecule has 0 spiro atoms. The van der Waals surface area contributed by atoms with E-state index in [9.17, 15) is 18.4 Å². The Bertz CT molecular complexity index is 1130. The zero-order valence-corrected chi connectivity index (χ0v) is 15.7. The first kappa shape index (κ1) is 19.0. The molecule has 1 aromatic heterocycles. The number of carbonyl (C=O) groups is 2. The van der Waals surface area contributed by atoms with Crippen molar-refractivity contribution in [1.29, 1.82) is 0 Å². The maximum absolute atomic E-state index is 13.7. The van der Waals surface area contributed by atoms with E-state index < -0.39 is 29.6 Å². The minimum absolute atomic E-state index is 0.312. The van der Waals surface area contributed by atoms with Gasteiger partial charge in [-0.3, -0.25) is 9.78 Å². The van der Waals surface area contributed by atoms with Crippen molar-refractivity contribution in [3.63, 3.8) is 0 Å². The lowest BCUT2D eigenvalue weighted by Gasteiger charge is -2.16. The first-order valence-corrected chi connectivity index (χ1v) is 9.31. The summed E-state index contributed by atoms with van der Waals surface area (Å²) in [5, 5.41) is 2.92. The van der Waals surface area contributed by atoms with Gasteiger partial charge in [-0.2, -0.15) is 0 Å². The van der Waals surface area contributed by atoms with Crippen LogP contribution in [0, 0.1) is 11.6 Å². The monoisotopic (exact) mass is 396 g/mol. The summed E-state index contributed by atoms with van der Waals surface area (Å²) in [4.78, 5) is 29.9. The third kappa shape index (κ3) is 3.68. The first-order valence-electron chi connectivity index (χ1n) is 9.31. The molecular weight excluding hydrogens is 378 g/mol. The second-order valence-corrected chi connectivity index (χ2v) is 6.94. The van der Waals surface area contributed by atoms with Gasteiger partial charge in [0, 0.05) is 17.1 Å². The second kappa shape index (κ2) is 7.58. The van der Waals surface area contributed by atoms with Crippen LogP contribution >= 0.6 is 0 Å². The molecule has 2 aromatic carbocycles. The Hall–Kier alpha value is -3.35. The molecule has 1 aliphatic rings. The molecule has 0 bridgehead atoms. The molecule has 0 saturated heterocycles. The molecule has 1 heterocycles. The van der Waals surface area contributed by atoms with Crippen molar-refractivity contribution in [2.75, 3.05) is 5.32 Å². The molecule has 1 aliphatic carbocycles. The van der Waals surface area contributed by atoms with E-state index in [4.69, 9.17) is 4.74 Å². The molecule has 0 saturated carbocycles. The number of amides is 1. The van der Waals surface area contributed by atoms with Crippen LogP contribution in [-0.4, -0.2) is 23.0 Å². The number of carbonyl (C=O) groups excluding carboxylic acids is 2. The van der Waals surface area contributed by atoms with Crippen molar-refractivity contribution >= 4 is 28.5 Å². The number of hydrogen-bond donors (Lipinski definition) is 1. The third-order valence-corrected chi connectivity index (χ3v) is 4.96. The summed E-state index contributed by atoms with van der Waals surface area (Å²) >= 11 is 0. The van der Waals surface area contributed by atoms with E-state index in [0.29, 0.717) is 22.9 Å². The molecule has 1 amide bonds. The van der Waals surface area contributed by atoms with Gasteiger partial charge in [0.05, 0.1) is 16.8 Å². The first-order chi connectivity index (χ1) is 13.9. The van der Waals surface area contributed by atoms with Crippen LogP contribution in [0.5, 0.6) is 0 Å². The standard InChI is InChI=1S/C22H18F2N2O3/c1-12(21(27)26-19-11-13(23)9-10-16(19)24)29-22(28)20-14-5-2-3-7-17(14)25-18-8-4-6-15(18)20/h2-3,5,7,9-12H,4,6,8H2,1H3,(H,26,27)/t12-/m1/s1. The van der Waals surface area contributed by atoms with Crippen LogP contribution in [0.2, 0.25) is 0 Å². The second-order valence-electron chi connectivity index (χ2n) is 6.94. The van der Waals surface area contributed by atoms with Crippen molar-refractivity contribution in [1.82, 2.24) is 4.98 Å². The number of anilines is 1. The average molecular weight is 396 g/mol. The number of para-hydroxylation sites is 1. The predicted molar refractivity (Wildman–Crippen MR) is 104 cm³/mol. The zero-order valence-electron chi connectivity index (χ0n) is 15.7. The topological polar surface area (TPSA) is 68.3 Å². The molecule has 0 aliphatic heterocycles. The minimum Gasteiger partial charge on any atom is -0.449 e. The number of benzene rings is 2. The fourth-order valence-corrected chi connectivity index (χ4v) is 3.54. The van der Waals surface area contributed by atoms with Crippen LogP contribution in [0.3, 0.4) is 0 Å². The number of aryl methyl sites for hydroxylation is 1. The molecule has 3 aromatic rings. The number of ether oxygens (including phenoxy) is 1. The van der Waals surface area contributed by atoms with Gasteiger partial charge < -0.3 is 10.1 Å². The Labute approximate surface area is 165 Å². The van der Waals surface area contributed by atoms with Crippen molar-refractivity contribution in [3.8, 4) is 0 Å². The Morgan fingerprint density at radius 2 is 1.93 bits per heavy atom. The maximum Gasteiger partial charge on any atom is 0.339 e. The summed E-state index contributed by atoms with van der Waals surface area (Å²) in [6, 6.07) is 10.0. The Morgan fingerprint density at radius 3 is 2.76 bits per heavy atom. The number of pyridine rings is 1. The van der Waals surface area contributed by atoms with Crippen molar-refractivity contribution in [2.45, 2.75) is 32.3 Å². The highest BCUT2D eigenvalue weighted by atomic mass is 19.1. The lowest BCUT2D eigenvalue weighted by molar-refractivity contribution is -0.123. The van der Waals surface area contributed by atoms with Crippen molar-refractivity contribution in [2.24, 2.45) is 0 Å². The molecule has 5 nitrogen and oxygen atoms in total. The van der Waals surface area contributed by atoms with Gasteiger partial charge in [0.25, 0.3) is 5.91 Å². The van der Waals surface area contributed by atoms with Gasteiger partial charge in [0.15, 0.2) is 6.10 Å². The molecule has 148 valence electrons. The van der Waals surface area contributed by atoms with Crippen LogP contribution < -0.4 is 5.32 Å². The van der Waals surface area contributed by atoms with Gasteiger partial charge >= 0.3 is 5.97 Å². The van der Waals surface area contributed by atoms with Crippen molar-refractivity contribution in [3.05, 3.63) is 70.9 Å². The van der Waals surface area contributed by atoms with Gasteiger partial charge in [-0.25, -0.2) is 13.6 Å². The summed E-state index contributed by atoms with van der Waals surface area (Å²) < 4.78 is 32.4. The van der Waals surface area contributed by atoms with Crippen molar-refractivity contribution < 1.29 is 23.1 Å². The van der Waals surface area contributed by atoms with Crippen LogP contribution in [0.15, 0.2) is 42.5 Å². The molecule has 7 heteroatoms. The lowest BCUT2D eigenvalue weighted by atomic mass is 10.0. The summed E-state index contributed by atoms with van der Waals surface area (Å²) in [7, 11) is 0. The summed E-state index contributed by atoms with van der Waals surface area (Å²) in [6.45, 7) is 1.38. The predicted octanol–water partition coefficient (Wildman–Crippen LogP) is 4.19. The number of aromatic nitrogens is 1. The SMILES string of the molecule is C[C@@H](OC(=O)c1c2c(nc3ccccc13)CCC2)C(=O)Nc1cc(F)ccc1F. The van der Waals surface area contributed by atoms with Crippen LogP contribution in [0.25, 0.3) is 10.9 Å². The number of esters is 1. The largest absolute Gasteiger partial charge is 0.449 e. The summed E-state index contributed by atoms with van der Waals surface area (Å²) in [6.07, 6.45) is 1.20. The minimum atomic E-state index is -1.20. The Morgan fingerprint density at radius 1 is 1.14 bits per heavy atom. The van der Waals surface area contributed by atoms with Gasteiger partial charge in [-0.15, -0.1) is 0 Å². The number of nitrogens with one attached hydrogen (secondary N) is 1. The van der Waals surface area contributed by atoms with Crippen LogP contribution in [0.1, 0.15) is 35.0 Å². The Balaban J connectivity index is 1.58. The van der Waals surface area contributed by atoms with Crippen LogP contribution in [-0.2, 0) is 22.4 Å². The summed E-state index contributed by atoms with van der Waals surface area (Å²) in [5.41, 5.74) is 2.51. The summed E-state index contributed by atoms with van der Waals surface area (Å²) in [5.74, 6) is -2.86. The average Bonchev–Trinajstić information content (AvgIpc) is 3.16. The normalized spacial score (nSPS) is 13.8. The lowest BCUT2D eigenvalue weighted by Crippen LogP contribution is -2.30. The van der Waals surface area contributed by atoms with Gasteiger partial charge in [-0.05, 0) is 49.9 Å². The fourth-order valence-electron chi connectivity index (χ4n) is 3.54. The van der Waals surface area contributed by atoms with Gasteiger partial charge in [0.1, 0.15) is 11.6 Å². The number of halogens is 2. The molecule has 0 unspecified atom stereocenters. The van der Waals surface area contributed by atoms with E-state index in [0.717, 1.165) is 42.3 Å². The van der Waals surface area contributed by atoms with E-state index in [1.165, 1.54) is 6.92 Å². The van der Waals surface area contributed by atoms with E-state index in [-0.39, 0.29) is 5.69 Å². The molecule has 0 fully saturated rings. The quantitative estimate of drug-likeness (QED) is 0.672. The maximum atomic E-state index is 13.7. The fraction of sp³-hybridized carbons (Fsp3) is 0.227. The number of nitrogens with zero attached hydrogens (tertiary/aromatic N) is 1.